The Hall–Kier alpha value is -0.120. The predicted octanol–water partition coefficient (Wildman–Crippen LogP) is 2.88. The molecule has 16 heavy (non-hydrogen) atoms. The molecule has 3 nitrogen and oxygen atoms in total. The van der Waals surface area contributed by atoms with E-state index >= 15 is 0 Å². The fourth-order valence-corrected chi connectivity index (χ4v) is 2.74. The van der Waals surface area contributed by atoms with Gasteiger partial charge in [0.15, 0.2) is 6.29 Å². The van der Waals surface area contributed by atoms with Crippen LogP contribution in [0, 0.1) is 0 Å². The largest absolute Gasteiger partial charge is 0.381 e. The maximum absolute atomic E-state index is 5.93. The fourth-order valence-electron chi connectivity index (χ4n) is 2.74. The van der Waals surface area contributed by atoms with E-state index in [4.69, 9.17) is 14.2 Å². The van der Waals surface area contributed by atoms with Crippen molar-refractivity contribution in [3.05, 3.63) is 0 Å². The quantitative estimate of drug-likeness (QED) is 0.677. The van der Waals surface area contributed by atoms with Gasteiger partial charge in [-0.2, -0.15) is 0 Å². The first-order valence-electron chi connectivity index (χ1n) is 6.65. The highest BCUT2D eigenvalue weighted by molar-refractivity contribution is 4.84. The highest BCUT2D eigenvalue weighted by Gasteiger charge is 2.37. The van der Waals surface area contributed by atoms with Gasteiger partial charge in [-0.3, -0.25) is 0 Å². The Balaban J connectivity index is 1.76. The summed E-state index contributed by atoms with van der Waals surface area (Å²) in [4.78, 5) is 0. The summed E-state index contributed by atoms with van der Waals surface area (Å²) < 4.78 is 17.3. The van der Waals surface area contributed by atoms with Gasteiger partial charge in [-0.25, -0.2) is 0 Å². The normalized spacial score (nSPS) is 38.6. The smallest absolute Gasteiger partial charge is 0.158 e. The lowest BCUT2D eigenvalue weighted by Crippen LogP contribution is -2.45. The van der Waals surface area contributed by atoms with Gasteiger partial charge < -0.3 is 14.2 Å². The van der Waals surface area contributed by atoms with Crippen LogP contribution in [0.3, 0.4) is 0 Å². The van der Waals surface area contributed by atoms with E-state index < -0.39 is 0 Å². The number of unbranched alkanes of at least 4 members (excludes halogenated alkanes) is 2. The van der Waals surface area contributed by atoms with Crippen molar-refractivity contribution < 1.29 is 14.2 Å². The van der Waals surface area contributed by atoms with Gasteiger partial charge in [-0.15, -0.1) is 0 Å². The molecule has 2 rings (SSSR count). The molecule has 0 N–H and O–H groups in total. The summed E-state index contributed by atoms with van der Waals surface area (Å²) in [5.41, 5.74) is 0. The van der Waals surface area contributed by atoms with Crippen molar-refractivity contribution in [3.63, 3.8) is 0 Å². The van der Waals surface area contributed by atoms with Crippen molar-refractivity contribution in [1.82, 2.24) is 0 Å². The van der Waals surface area contributed by atoms with Crippen LogP contribution >= 0.6 is 0 Å². The number of methoxy groups -OCH3 is 1. The van der Waals surface area contributed by atoms with E-state index in [1.807, 2.05) is 0 Å². The molecule has 0 spiro atoms. The Morgan fingerprint density at radius 2 is 1.75 bits per heavy atom. The summed E-state index contributed by atoms with van der Waals surface area (Å²) >= 11 is 0. The van der Waals surface area contributed by atoms with Gasteiger partial charge in [0.1, 0.15) is 0 Å². The molecule has 1 heterocycles. The van der Waals surface area contributed by atoms with Gasteiger partial charge in [-0.1, -0.05) is 19.8 Å². The van der Waals surface area contributed by atoms with E-state index in [1.54, 1.807) is 7.11 Å². The molecule has 0 aromatic heterocycles. The zero-order chi connectivity index (χ0) is 11.4. The van der Waals surface area contributed by atoms with Crippen LogP contribution in [0.25, 0.3) is 0 Å². The topological polar surface area (TPSA) is 27.7 Å². The molecule has 2 aliphatic rings. The Kier molecular flexibility index (Phi) is 4.62. The van der Waals surface area contributed by atoms with Crippen LogP contribution in [0.15, 0.2) is 0 Å². The third-order valence-electron chi connectivity index (χ3n) is 3.64. The van der Waals surface area contributed by atoms with Crippen molar-refractivity contribution in [3.8, 4) is 0 Å². The van der Waals surface area contributed by atoms with Crippen LogP contribution in [0.1, 0.15) is 51.9 Å². The summed E-state index contributed by atoms with van der Waals surface area (Å²) in [6.07, 6.45) is 9.06. The van der Waals surface area contributed by atoms with Crippen molar-refractivity contribution in [2.45, 2.75) is 76.5 Å². The SMILES string of the molecule is CCCCCC1OC2CC(OC)CC(C2)O1. The van der Waals surface area contributed by atoms with Gasteiger partial charge in [0.05, 0.1) is 18.3 Å². The third kappa shape index (κ3) is 3.19. The average molecular weight is 228 g/mol. The number of fused-ring (bicyclic) bond motifs is 2. The van der Waals surface area contributed by atoms with Crippen LogP contribution in [0.2, 0.25) is 0 Å². The van der Waals surface area contributed by atoms with E-state index in [9.17, 15) is 0 Å². The molecular weight excluding hydrogens is 204 g/mol. The monoisotopic (exact) mass is 228 g/mol. The fraction of sp³-hybridized carbons (Fsp3) is 1.00. The summed E-state index contributed by atoms with van der Waals surface area (Å²) in [6, 6.07) is 0. The molecule has 2 fully saturated rings. The van der Waals surface area contributed by atoms with E-state index in [0.29, 0.717) is 18.3 Å². The van der Waals surface area contributed by atoms with Crippen molar-refractivity contribution in [1.29, 1.82) is 0 Å². The first-order chi connectivity index (χ1) is 7.81. The maximum Gasteiger partial charge on any atom is 0.158 e. The first kappa shape index (κ1) is 12.3. The zero-order valence-corrected chi connectivity index (χ0v) is 10.5. The molecule has 0 radical (unpaired) electrons. The Morgan fingerprint density at radius 1 is 1.06 bits per heavy atom. The highest BCUT2D eigenvalue weighted by atomic mass is 16.7. The summed E-state index contributed by atoms with van der Waals surface area (Å²) in [5.74, 6) is 0. The van der Waals surface area contributed by atoms with Gasteiger partial charge in [0.25, 0.3) is 0 Å². The van der Waals surface area contributed by atoms with Gasteiger partial charge in [0.2, 0.25) is 0 Å². The van der Waals surface area contributed by atoms with Crippen LogP contribution in [-0.4, -0.2) is 31.7 Å². The second-order valence-electron chi connectivity index (χ2n) is 5.01. The molecule has 2 unspecified atom stereocenters. The Bertz CT molecular complexity index is 193. The number of rotatable bonds is 5. The molecule has 1 aliphatic heterocycles. The molecule has 1 aliphatic carbocycles. The molecule has 0 amide bonds. The molecule has 1 saturated carbocycles. The second kappa shape index (κ2) is 5.99. The lowest BCUT2D eigenvalue weighted by atomic mass is 9.91. The molecule has 1 saturated heterocycles. The zero-order valence-electron chi connectivity index (χ0n) is 10.5. The minimum atomic E-state index is 0.0492. The van der Waals surface area contributed by atoms with E-state index in [2.05, 4.69) is 6.92 Å². The highest BCUT2D eigenvalue weighted by Crippen LogP contribution is 2.33. The van der Waals surface area contributed by atoms with E-state index in [-0.39, 0.29) is 6.29 Å². The standard InChI is InChI=1S/C13H24O3/c1-3-4-5-6-13-15-11-7-10(14-2)8-12(9-11)16-13/h10-13H,3-9H2,1-2H3. The number of hydrogen-bond donors (Lipinski definition) is 0. The Morgan fingerprint density at radius 3 is 2.31 bits per heavy atom. The average Bonchev–Trinajstić information content (AvgIpc) is 2.28. The molecule has 94 valence electrons. The lowest BCUT2D eigenvalue weighted by molar-refractivity contribution is -0.270. The van der Waals surface area contributed by atoms with Crippen LogP contribution in [0.5, 0.6) is 0 Å². The third-order valence-corrected chi connectivity index (χ3v) is 3.64. The Labute approximate surface area is 98.4 Å². The molecule has 2 atom stereocenters. The summed E-state index contributed by atoms with van der Waals surface area (Å²) in [5, 5.41) is 0. The lowest BCUT2D eigenvalue weighted by Gasteiger charge is -2.42. The summed E-state index contributed by atoms with van der Waals surface area (Å²) in [6.45, 7) is 2.22. The maximum atomic E-state index is 5.93. The van der Waals surface area contributed by atoms with Crippen LogP contribution in [0.4, 0.5) is 0 Å². The summed E-state index contributed by atoms with van der Waals surface area (Å²) in [7, 11) is 1.78. The second-order valence-corrected chi connectivity index (χ2v) is 5.01. The van der Waals surface area contributed by atoms with Crippen molar-refractivity contribution >= 4 is 0 Å². The molecule has 0 aromatic rings. The van der Waals surface area contributed by atoms with E-state index in [1.165, 1.54) is 19.3 Å². The number of ether oxygens (including phenoxy) is 3. The molecular formula is C13H24O3. The predicted molar refractivity (Wildman–Crippen MR) is 62.3 cm³/mol. The molecule has 0 aromatic carbocycles. The first-order valence-corrected chi connectivity index (χ1v) is 6.65. The van der Waals surface area contributed by atoms with Gasteiger partial charge in [0, 0.05) is 26.4 Å². The minimum absolute atomic E-state index is 0.0492. The number of hydrogen-bond acceptors (Lipinski definition) is 3. The van der Waals surface area contributed by atoms with Gasteiger partial charge in [-0.05, 0) is 12.8 Å². The molecule has 2 bridgehead atoms. The van der Waals surface area contributed by atoms with E-state index in [0.717, 1.165) is 25.7 Å². The van der Waals surface area contributed by atoms with Crippen molar-refractivity contribution in [2.75, 3.05) is 7.11 Å². The molecule has 3 heteroatoms. The minimum Gasteiger partial charge on any atom is -0.381 e. The van der Waals surface area contributed by atoms with Crippen molar-refractivity contribution in [2.24, 2.45) is 0 Å². The van der Waals surface area contributed by atoms with Crippen LogP contribution < -0.4 is 0 Å². The van der Waals surface area contributed by atoms with Gasteiger partial charge >= 0.3 is 0 Å². The van der Waals surface area contributed by atoms with Crippen LogP contribution in [-0.2, 0) is 14.2 Å².